The second-order valence-corrected chi connectivity index (χ2v) is 7.96. The van der Waals surface area contributed by atoms with Crippen molar-refractivity contribution < 1.29 is 14.2 Å². The summed E-state index contributed by atoms with van der Waals surface area (Å²) in [6.45, 7) is 7.29. The lowest BCUT2D eigenvalue weighted by atomic mass is 9.81. The van der Waals surface area contributed by atoms with Crippen LogP contribution in [0.2, 0.25) is 0 Å². The molecule has 0 aliphatic carbocycles. The van der Waals surface area contributed by atoms with E-state index in [2.05, 4.69) is 25.8 Å². The smallest absolute Gasteiger partial charge is 0.283 e. The molecule has 2 aliphatic rings. The normalized spacial score (nSPS) is 20.7. The molecule has 0 fully saturated rings. The van der Waals surface area contributed by atoms with Crippen LogP contribution >= 0.6 is 0 Å². The maximum absolute atomic E-state index is 6.08. The van der Waals surface area contributed by atoms with E-state index in [-0.39, 0.29) is 11.4 Å². The summed E-state index contributed by atoms with van der Waals surface area (Å²) >= 11 is 0. The summed E-state index contributed by atoms with van der Waals surface area (Å²) in [6, 6.07) is 11.4. The lowest BCUT2D eigenvalue weighted by Gasteiger charge is -2.33. The van der Waals surface area contributed by atoms with Gasteiger partial charge in [-0.05, 0) is 41.8 Å². The monoisotopic (exact) mass is 353 g/mol. The number of nitrogens with zero attached hydrogens (tertiary/aromatic N) is 1. The van der Waals surface area contributed by atoms with Gasteiger partial charge in [0.1, 0.15) is 23.9 Å². The molecule has 0 saturated heterocycles. The highest BCUT2D eigenvalue weighted by Crippen LogP contribution is 2.52. The van der Waals surface area contributed by atoms with Crippen molar-refractivity contribution in [1.82, 2.24) is 0 Å². The number of hydrogen-bond donors (Lipinski definition) is 2. The fourth-order valence-corrected chi connectivity index (χ4v) is 3.24. The minimum atomic E-state index is -0.774. The third kappa shape index (κ3) is 2.71. The maximum Gasteiger partial charge on any atom is 0.283 e. The van der Waals surface area contributed by atoms with Crippen molar-refractivity contribution in [1.29, 1.82) is 0 Å². The Kier molecular flexibility index (Phi) is 3.54. The van der Waals surface area contributed by atoms with Gasteiger partial charge in [-0.15, -0.1) is 0 Å². The fraction of sp³-hybridized carbons (Fsp3) is 0.350. The van der Waals surface area contributed by atoms with Crippen molar-refractivity contribution in [3.63, 3.8) is 0 Å². The number of anilines is 1. The van der Waals surface area contributed by atoms with Crippen molar-refractivity contribution in [3.8, 4) is 17.2 Å². The first-order chi connectivity index (χ1) is 12.3. The molecule has 6 nitrogen and oxygen atoms in total. The molecule has 136 valence electrons. The number of aliphatic imine (C=N–C) groups is 1. The number of benzene rings is 2. The molecular weight excluding hydrogens is 330 g/mol. The summed E-state index contributed by atoms with van der Waals surface area (Å²) < 4.78 is 17.6. The van der Waals surface area contributed by atoms with Crippen LogP contribution in [-0.2, 0) is 10.3 Å². The van der Waals surface area contributed by atoms with Gasteiger partial charge >= 0.3 is 0 Å². The summed E-state index contributed by atoms with van der Waals surface area (Å²) in [5, 5.41) is 0. The Labute approximate surface area is 152 Å². The molecule has 2 aromatic rings. The van der Waals surface area contributed by atoms with Crippen LogP contribution in [0.25, 0.3) is 0 Å². The van der Waals surface area contributed by atoms with Crippen molar-refractivity contribution in [2.45, 2.75) is 26.3 Å². The highest BCUT2D eigenvalue weighted by atomic mass is 16.5. The average Bonchev–Trinajstić information content (AvgIpc) is 2.96. The fourth-order valence-electron chi connectivity index (χ4n) is 3.24. The Bertz CT molecular complexity index is 902. The van der Waals surface area contributed by atoms with E-state index in [4.69, 9.17) is 25.7 Å². The van der Waals surface area contributed by atoms with Gasteiger partial charge in [-0.25, -0.2) is 4.99 Å². The van der Waals surface area contributed by atoms with Crippen LogP contribution in [0.1, 0.15) is 31.9 Å². The minimum Gasteiger partial charge on any atom is -0.493 e. The summed E-state index contributed by atoms with van der Waals surface area (Å²) in [6.07, 6.45) is 0. The lowest BCUT2D eigenvalue weighted by molar-refractivity contribution is 0.197. The van der Waals surface area contributed by atoms with E-state index in [1.807, 2.05) is 30.3 Å². The van der Waals surface area contributed by atoms with Gasteiger partial charge in [0.15, 0.2) is 5.54 Å². The Morgan fingerprint density at radius 1 is 1.08 bits per heavy atom. The number of ether oxygens (including phenoxy) is 3. The molecule has 0 unspecified atom stereocenters. The minimum absolute atomic E-state index is 0.0597. The number of amidine groups is 1. The third-order valence-electron chi connectivity index (χ3n) is 4.47. The molecule has 4 rings (SSSR count). The van der Waals surface area contributed by atoms with Crippen LogP contribution in [-0.4, -0.2) is 19.2 Å². The van der Waals surface area contributed by atoms with E-state index >= 15 is 0 Å². The van der Waals surface area contributed by atoms with E-state index in [0.29, 0.717) is 30.4 Å². The van der Waals surface area contributed by atoms with Crippen molar-refractivity contribution in [2.24, 2.45) is 16.1 Å². The quantitative estimate of drug-likeness (QED) is 0.808. The number of nitrogen functional groups attached to an aromatic ring is 1. The zero-order valence-corrected chi connectivity index (χ0v) is 15.2. The number of fused-ring (bicyclic) bond motifs is 4. The van der Waals surface area contributed by atoms with Crippen LogP contribution in [0.3, 0.4) is 0 Å². The van der Waals surface area contributed by atoms with Crippen LogP contribution in [0.5, 0.6) is 17.2 Å². The van der Waals surface area contributed by atoms with Crippen LogP contribution in [0, 0.1) is 5.41 Å². The van der Waals surface area contributed by atoms with Gasteiger partial charge in [-0.1, -0.05) is 20.8 Å². The van der Waals surface area contributed by atoms with Gasteiger partial charge in [0, 0.05) is 16.8 Å². The first-order valence-electron chi connectivity index (χ1n) is 8.60. The first kappa shape index (κ1) is 16.6. The van der Waals surface area contributed by atoms with Gasteiger partial charge < -0.3 is 25.7 Å². The van der Waals surface area contributed by atoms with E-state index in [9.17, 15) is 0 Å². The van der Waals surface area contributed by atoms with Gasteiger partial charge in [0.05, 0.1) is 6.61 Å². The summed E-state index contributed by atoms with van der Waals surface area (Å²) in [5.41, 5.74) is 13.5. The van der Waals surface area contributed by atoms with E-state index in [1.165, 1.54) is 0 Å². The van der Waals surface area contributed by atoms with Crippen molar-refractivity contribution >= 4 is 11.7 Å². The van der Waals surface area contributed by atoms with Crippen molar-refractivity contribution in [3.05, 3.63) is 47.5 Å². The van der Waals surface area contributed by atoms with E-state index in [1.54, 1.807) is 6.07 Å². The molecule has 0 amide bonds. The molecular formula is C20H23N3O3. The highest BCUT2D eigenvalue weighted by molar-refractivity contribution is 5.77. The topological polar surface area (TPSA) is 92.1 Å². The number of nitrogens with two attached hydrogens (primary N) is 2. The van der Waals surface area contributed by atoms with Gasteiger partial charge in [-0.3, -0.25) is 0 Å². The highest BCUT2D eigenvalue weighted by Gasteiger charge is 2.47. The Morgan fingerprint density at radius 2 is 1.77 bits per heavy atom. The van der Waals surface area contributed by atoms with Crippen molar-refractivity contribution in [2.75, 3.05) is 18.9 Å². The summed E-state index contributed by atoms with van der Waals surface area (Å²) in [4.78, 5) is 4.63. The molecule has 6 heteroatoms. The van der Waals surface area contributed by atoms with Crippen LogP contribution in [0.15, 0.2) is 41.4 Å². The van der Waals surface area contributed by atoms with Crippen LogP contribution < -0.4 is 20.9 Å². The predicted octanol–water partition coefficient (Wildman–Crippen LogP) is 3.39. The summed E-state index contributed by atoms with van der Waals surface area (Å²) in [7, 11) is 0. The molecule has 2 aliphatic heterocycles. The van der Waals surface area contributed by atoms with E-state index in [0.717, 1.165) is 16.9 Å². The summed E-state index contributed by atoms with van der Waals surface area (Å²) in [5.74, 6) is 2.18. The molecule has 1 spiro atoms. The molecule has 0 radical (unpaired) electrons. The number of hydrogen-bond acceptors (Lipinski definition) is 6. The Hall–Kier alpha value is -2.89. The lowest BCUT2D eigenvalue weighted by Crippen LogP contribution is -2.31. The van der Waals surface area contributed by atoms with Gasteiger partial charge in [0.25, 0.3) is 6.02 Å². The standard InChI is InChI=1S/C20H23N3O3/c1-19(2,3)10-24-13-5-7-17-15(9-13)20(11-25-18(22)23-20)14-8-12(21)4-6-16(14)26-17/h4-9H,10-11,21H2,1-3H3,(H2,22,23)/t20-/m1/s1. The molecule has 0 aromatic heterocycles. The van der Waals surface area contributed by atoms with Crippen LogP contribution in [0.4, 0.5) is 5.69 Å². The molecule has 2 aromatic carbocycles. The molecule has 2 heterocycles. The zero-order valence-electron chi connectivity index (χ0n) is 15.2. The largest absolute Gasteiger partial charge is 0.493 e. The Morgan fingerprint density at radius 3 is 2.42 bits per heavy atom. The van der Waals surface area contributed by atoms with Gasteiger partial charge in [-0.2, -0.15) is 0 Å². The predicted molar refractivity (Wildman–Crippen MR) is 101 cm³/mol. The molecule has 1 atom stereocenters. The van der Waals surface area contributed by atoms with Gasteiger partial charge in [0.2, 0.25) is 0 Å². The first-order valence-corrected chi connectivity index (χ1v) is 8.60. The SMILES string of the molecule is CC(C)(C)COc1ccc2c(c1)[C@@]1(COC(N)=N1)c1cc(N)ccc1O2. The average molecular weight is 353 g/mol. The molecule has 0 bridgehead atoms. The number of rotatable bonds is 2. The van der Waals surface area contributed by atoms with E-state index < -0.39 is 5.54 Å². The second-order valence-electron chi connectivity index (χ2n) is 7.96. The maximum atomic E-state index is 6.08. The Balaban J connectivity index is 1.83. The zero-order chi connectivity index (χ0) is 18.5. The third-order valence-corrected chi connectivity index (χ3v) is 4.47. The molecule has 26 heavy (non-hydrogen) atoms. The molecule has 4 N–H and O–H groups in total. The second kappa shape index (κ2) is 5.56. The molecule has 0 saturated carbocycles.